The molecule has 7 heteroatoms. The molecule has 3 fully saturated rings. The molecule has 4 rings (SSSR count). The van der Waals surface area contributed by atoms with Gasteiger partial charge in [-0.05, 0) is 43.7 Å². The van der Waals surface area contributed by atoms with Gasteiger partial charge in [0.1, 0.15) is 0 Å². The second-order valence-electron chi connectivity index (χ2n) is 8.93. The molecule has 0 bridgehead atoms. The average molecular weight is 420 g/mol. The molecule has 1 aromatic rings. The standard InChI is InChI=1S/C22H33N3O3S/c1-18-6-8-21(9-7-18)29(27,28)25-14-12-23(13-15-25)17-22(26)24-11-10-19-4-2-3-5-20(19)16-24/h6-9,19-20H,2-5,10-17H2,1H3/t19-,20+/m1/s1. The molecular weight excluding hydrogens is 386 g/mol. The molecule has 0 spiro atoms. The van der Waals surface area contributed by atoms with E-state index in [1.165, 1.54) is 25.7 Å². The van der Waals surface area contributed by atoms with E-state index in [0.29, 0.717) is 43.5 Å². The third kappa shape index (κ3) is 4.67. The van der Waals surface area contributed by atoms with E-state index in [0.717, 1.165) is 31.0 Å². The Hall–Kier alpha value is -1.44. The lowest BCUT2D eigenvalue weighted by molar-refractivity contribution is -0.135. The summed E-state index contributed by atoms with van der Waals surface area (Å²) in [5, 5.41) is 0. The number of likely N-dealkylation sites (tertiary alicyclic amines) is 1. The van der Waals surface area contributed by atoms with Crippen molar-refractivity contribution in [2.24, 2.45) is 11.8 Å². The van der Waals surface area contributed by atoms with Gasteiger partial charge >= 0.3 is 0 Å². The molecule has 2 aliphatic heterocycles. The first kappa shape index (κ1) is 20.8. The third-order valence-electron chi connectivity index (χ3n) is 6.99. The van der Waals surface area contributed by atoms with E-state index < -0.39 is 10.0 Å². The summed E-state index contributed by atoms with van der Waals surface area (Å²) in [4.78, 5) is 17.3. The van der Waals surface area contributed by atoms with E-state index in [1.54, 1.807) is 16.4 Å². The quantitative estimate of drug-likeness (QED) is 0.752. The van der Waals surface area contributed by atoms with Gasteiger partial charge in [0.15, 0.2) is 0 Å². The number of nitrogens with zero attached hydrogens (tertiary/aromatic N) is 3. The molecule has 29 heavy (non-hydrogen) atoms. The Morgan fingerprint density at radius 2 is 1.59 bits per heavy atom. The normalized spacial score (nSPS) is 26.9. The molecule has 6 nitrogen and oxygen atoms in total. The van der Waals surface area contributed by atoms with Crippen LogP contribution < -0.4 is 0 Å². The number of sulfonamides is 1. The molecular formula is C22H33N3O3S. The summed E-state index contributed by atoms with van der Waals surface area (Å²) >= 11 is 0. The van der Waals surface area contributed by atoms with Gasteiger partial charge in [-0.2, -0.15) is 4.31 Å². The first-order valence-corrected chi connectivity index (χ1v) is 12.4. The van der Waals surface area contributed by atoms with Crippen LogP contribution in [0.5, 0.6) is 0 Å². The highest BCUT2D eigenvalue weighted by molar-refractivity contribution is 7.89. The molecule has 2 heterocycles. The number of piperidine rings is 1. The summed E-state index contributed by atoms with van der Waals surface area (Å²) in [7, 11) is -3.45. The predicted molar refractivity (Wildman–Crippen MR) is 113 cm³/mol. The Labute approximate surface area is 174 Å². The maximum atomic E-state index is 12.8. The van der Waals surface area contributed by atoms with E-state index in [1.807, 2.05) is 19.1 Å². The summed E-state index contributed by atoms with van der Waals surface area (Å²) in [6, 6.07) is 7.01. The van der Waals surface area contributed by atoms with E-state index >= 15 is 0 Å². The van der Waals surface area contributed by atoms with Crippen molar-refractivity contribution < 1.29 is 13.2 Å². The number of benzene rings is 1. The van der Waals surface area contributed by atoms with Crippen LogP contribution in [0.1, 0.15) is 37.7 Å². The molecule has 0 aromatic heterocycles. The third-order valence-corrected chi connectivity index (χ3v) is 8.91. The minimum atomic E-state index is -3.45. The zero-order valence-corrected chi connectivity index (χ0v) is 18.2. The van der Waals surface area contributed by atoms with E-state index in [2.05, 4.69) is 9.80 Å². The van der Waals surface area contributed by atoms with Crippen molar-refractivity contribution in [3.63, 3.8) is 0 Å². The number of hydrogen-bond donors (Lipinski definition) is 0. The number of aryl methyl sites for hydroxylation is 1. The van der Waals surface area contributed by atoms with Crippen molar-refractivity contribution in [2.45, 2.75) is 43.9 Å². The molecule has 0 N–H and O–H groups in total. The van der Waals surface area contributed by atoms with Crippen molar-refractivity contribution in [1.29, 1.82) is 0 Å². The summed E-state index contributed by atoms with van der Waals surface area (Å²) in [5.41, 5.74) is 1.05. The minimum Gasteiger partial charge on any atom is -0.341 e. The number of fused-ring (bicyclic) bond motifs is 1. The van der Waals surface area contributed by atoms with Crippen molar-refractivity contribution in [3.8, 4) is 0 Å². The van der Waals surface area contributed by atoms with Gasteiger partial charge in [0.2, 0.25) is 15.9 Å². The Bertz CT molecular complexity index is 816. The fourth-order valence-corrected chi connectivity index (χ4v) is 6.53. The maximum absolute atomic E-state index is 12.8. The molecule has 1 aliphatic carbocycles. The van der Waals surface area contributed by atoms with Crippen LogP contribution in [0.2, 0.25) is 0 Å². The maximum Gasteiger partial charge on any atom is 0.243 e. The van der Waals surface area contributed by atoms with Crippen LogP contribution in [0, 0.1) is 18.8 Å². The lowest BCUT2D eigenvalue weighted by Gasteiger charge is -2.42. The van der Waals surface area contributed by atoms with Crippen LogP contribution in [0.25, 0.3) is 0 Å². The molecule has 1 saturated carbocycles. The molecule has 2 saturated heterocycles. The van der Waals surface area contributed by atoms with Gasteiger partial charge in [0, 0.05) is 39.3 Å². The highest BCUT2D eigenvalue weighted by Crippen LogP contribution is 2.36. The fourth-order valence-electron chi connectivity index (χ4n) is 5.11. The van der Waals surface area contributed by atoms with Gasteiger partial charge in [-0.1, -0.05) is 37.0 Å². The van der Waals surface area contributed by atoms with Crippen molar-refractivity contribution >= 4 is 15.9 Å². The largest absolute Gasteiger partial charge is 0.341 e. The van der Waals surface area contributed by atoms with Gasteiger partial charge in [-0.15, -0.1) is 0 Å². The zero-order chi connectivity index (χ0) is 20.4. The fraction of sp³-hybridized carbons (Fsp3) is 0.682. The van der Waals surface area contributed by atoms with E-state index in [4.69, 9.17) is 0 Å². The molecule has 2 atom stereocenters. The topological polar surface area (TPSA) is 60.9 Å². The van der Waals surface area contributed by atoms with Crippen molar-refractivity contribution in [1.82, 2.24) is 14.1 Å². The Morgan fingerprint density at radius 1 is 0.931 bits per heavy atom. The lowest BCUT2D eigenvalue weighted by atomic mass is 9.75. The van der Waals surface area contributed by atoms with Gasteiger partial charge in [-0.25, -0.2) is 8.42 Å². The first-order chi connectivity index (χ1) is 13.9. The predicted octanol–water partition coefficient (Wildman–Crippen LogP) is 2.34. The van der Waals surface area contributed by atoms with E-state index in [-0.39, 0.29) is 5.91 Å². The minimum absolute atomic E-state index is 0.212. The summed E-state index contributed by atoms with van der Waals surface area (Å²) < 4.78 is 27.2. The zero-order valence-electron chi connectivity index (χ0n) is 17.4. The second-order valence-corrected chi connectivity index (χ2v) is 10.9. The summed E-state index contributed by atoms with van der Waals surface area (Å²) in [6.07, 6.45) is 6.42. The SMILES string of the molecule is Cc1ccc(S(=O)(=O)N2CCN(CC(=O)N3CC[C@H]4CCCC[C@H]4C3)CC2)cc1. The van der Waals surface area contributed by atoms with Crippen LogP contribution >= 0.6 is 0 Å². The number of carbonyl (C=O) groups is 1. The highest BCUT2D eigenvalue weighted by Gasteiger charge is 2.34. The number of rotatable bonds is 4. The molecule has 0 unspecified atom stereocenters. The van der Waals surface area contributed by atoms with Gasteiger partial charge in [0.05, 0.1) is 11.4 Å². The van der Waals surface area contributed by atoms with Crippen LogP contribution in [0.15, 0.2) is 29.2 Å². The lowest BCUT2D eigenvalue weighted by Crippen LogP contribution is -2.53. The van der Waals surface area contributed by atoms with Crippen LogP contribution in [-0.2, 0) is 14.8 Å². The average Bonchev–Trinajstić information content (AvgIpc) is 2.74. The summed E-state index contributed by atoms with van der Waals surface area (Å²) in [6.45, 7) is 6.27. The highest BCUT2D eigenvalue weighted by atomic mass is 32.2. The summed E-state index contributed by atoms with van der Waals surface area (Å²) in [5.74, 6) is 1.73. The number of hydrogen-bond acceptors (Lipinski definition) is 4. The second kappa shape index (κ2) is 8.74. The molecule has 3 aliphatic rings. The molecule has 160 valence electrons. The molecule has 1 aromatic carbocycles. The van der Waals surface area contributed by atoms with Crippen LogP contribution in [-0.4, -0.2) is 74.2 Å². The molecule has 1 amide bonds. The van der Waals surface area contributed by atoms with E-state index in [9.17, 15) is 13.2 Å². The monoisotopic (exact) mass is 419 g/mol. The Morgan fingerprint density at radius 3 is 2.28 bits per heavy atom. The number of amides is 1. The van der Waals surface area contributed by atoms with Crippen LogP contribution in [0.4, 0.5) is 0 Å². The van der Waals surface area contributed by atoms with Crippen molar-refractivity contribution in [3.05, 3.63) is 29.8 Å². The molecule has 0 radical (unpaired) electrons. The van der Waals surface area contributed by atoms with Crippen molar-refractivity contribution in [2.75, 3.05) is 45.8 Å². The number of piperazine rings is 1. The van der Waals surface area contributed by atoms with Gasteiger partial charge < -0.3 is 4.90 Å². The van der Waals surface area contributed by atoms with Gasteiger partial charge in [-0.3, -0.25) is 9.69 Å². The number of carbonyl (C=O) groups excluding carboxylic acids is 1. The smallest absolute Gasteiger partial charge is 0.243 e. The first-order valence-electron chi connectivity index (χ1n) is 11.0. The Kier molecular flexibility index (Phi) is 6.27. The van der Waals surface area contributed by atoms with Gasteiger partial charge in [0.25, 0.3) is 0 Å². The Balaban J connectivity index is 1.28. The van der Waals surface area contributed by atoms with Crippen LogP contribution in [0.3, 0.4) is 0 Å².